The van der Waals surface area contributed by atoms with Crippen molar-refractivity contribution in [1.29, 1.82) is 0 Å². The SMILES string of the molecule is Cc1c(N)nsc1N1CCCC1. The van der Waals surface area contributed by atoms with Crippen LogP contribution >= 0.6 is 11.5 Å². The van der Waals surface area contributed by atoms with Crippen LogP contribution in [-0.2, 0) is 0 Å². The van der Waals surface area contributed by atoms with E-state index in [0.717, 1.165) is 5.56 Å². The summed E-state index contributed by atoms with van der Waals surface area (Å²) in [6.45, 7) is 4.39. The second-order valence-electron chi connectivity index (χ2n) is 3.19. The van der Waals surface area contributed by atoms with Gasteiger partial charge in [0.1, 0.15) is 10.8 Å². The molecule has 66 valence electrons. The third-order valence-electron chi connectivity index (χ3n) is 2.33. The molecule has 1 aliphatic heterocycles. The molecule has 2 N–H and O–H groups in total. The standard InChI is InChI=1S/C8H13N3S/c1-6-7(9)10-12-8(6)11-4-2-3-5-11/h2-5H2,1H3,(H2,9,10). The Morgan fingerprint density at radius 3 is 2.58 bits per heavy atom. The molecule has 0 unspecified atom stereocenters. The molecule has 1 saturated heterocycles. The van der Waals surface area contributed by atoms with E-state index >= 15 is 0 Å². The number of nitrogens with two attached hydrogens (primary N) is 1. The summed E-state index contributed by atoms with van der Waals surface area (Å²) in [6.07, 6.45) is 2.61. The van der Waals surface area contributed by atoms with Gasteiger partial charge in [0.05, 0.1) is 0 Å². The molecule has 12 heavy (non-hydrogen) atoms. The Hall–Kier alpha value is -0.770. The van der Waals surface area contributed by atoms with E-state index in [4.69, 9.17) is 5.73 Å². The summed E-state index contributed by atoms with van der Waals surface area (Å²) in [7, 11) is 0. The lowest BCUT2D eigenvalue weighted by Gasteiger charge is -2.14. The minimum atomic E-state index is 0.696. The molecular weight excluding hydrogens is 170 g/mol. The van der Waals surface area contributed by atoms with Crippen molar-refractivity contribution in [3.63, 3.8) is 0 Å². The van der Waals surface area contributed by atoms with Crippen LogP contribution in [0.2, 0.25) is 0 Å². The summed E-state index contributed by atoms with van der Waals surface area (Å²) in [5.74, 6) is 0.696. The number of aromatic nitrogens is 1. The van der Waals surface area contributed by atoms with Crippen LogP contribution in [0.25, 0.3) is 0 Å². The molecule has 2 rings (SSSR count). The molecule has 1 fully saturated rings. The van der Waals surface area contributed by atoms with Crippen LogP contribution in [0.3, 0.4) is 0 Å². The fourth-order valence-electron chi connectivity index (χ4n) is 1.55. The van der Waals surface area contributed by atoms with Gasteiger partial charge in [0, 0.05) is 18.7 Å². The van der Waals surface area contributed by atoms with E-state index < -0.39 is 0 Å². The van der Waals surface area contributed by atoms with Gasteiger partial charge in [-0.05, 0) is 31.3 Å². The fraction of sp³-hybridized carbons (Fsp3) is 0.625. The number of nitrogens with zero attached hydrogens (tertiary/aromatic N) is 2. The van der Waals surface area contributed by atoms with Crippen LogP contribution in [-0.4, -0.2) is 17.5 Å². The Kier molecular flexibility index (Phi) is 1.92. The summed E-state index contributed by atoms with van der Waals surface area (Å²) in [4.78, 5) is 2.38. The summed E-state index contributed by atoms with van der Waals surface area (Å²) >= 11 is 1.52. The Morgan fingerprint density at radius 2 is 2.08 bits per heavy atom. The molecule has 4 heteroatoms. The minimum Gasteiger partial charge on any atom is -0.383 e. The van der Waals surface area contributed by atoms with Gasteiger partial charge in [0.25, 0.3) is 0 Å². The lowest BCUT2D eigenvalue weighted by atomic mass is 10.3. The maximum atomic E-state index is 5.68. The van der Waals surface area contributed by atoms with E-state index in [2.05, 4.69) is 9.27 Å². The van der Waals surface area contributed by atoms with Crippen molar-refractivity contribution in [3.8, 4) is 0 Å². The van der Waals surface area contributed by atoms with Crippen LogP contribution in [0.1, 0.15) is 18.4 Å². The summed E-state index contributed by atoms with van der Waals surface area (Å²) in [6, 6.07) is 0. The monoisotopic (exact) mass is 183 g/mol. The first-order valence-electron chi connectivity index (χ1n) is 4.26. The smallest absolute Gasteiger partial charge is 0.142 e. The topological polar surface area (TPSA) is 42.1 Å². The number of hydrogen-bond acceptors (Lipinski definition) is 4. The zero-order valence-electron chi connectivity index (χ0n) is 7.21. The zero-order valence-corrected chi connectivity index (χ0v) is 8.02. The predicted octanol–water partition coefficient (Wildman–Crippen LogP) is 1.63. The number of rotatable bonds is 1. The van der Waals surface area contributed by atoms with Gasteiger partial charge in [-0.2, -0.15) is 4.37 Å². The molecule has 0 aromatic carbocycles. The normalized spacial score (nSPS) is 17.2. The Balaban J connectivity index is 2.26. The molecule has 0 spiro atoms. The number of anilines is 2. The summed E-state index contributed by atoms with van der Waals surface area (Å²) in [5.41, 5.74) is 6.84. The van der Waals surface area contributed by atoms with Crippen LogP contribution in [0.15, 0.2) is 0 Å². The molecule has 1 aliphatic rings. The lowest BCUT2D eigenvalue weighted by Crippen LogP contribution is -2.17. The van der Waals surface area contributed by atoms with Crippen molar-refractivity contribution >= 4 is 22.4 Å². The highest BCUT2D eigenvalue weighted by molar-refractivity contribution is 7.10. The van der Waals surface area contributed by atoms with Crippen molar-refractivity contribution < 1.29 is 0 Å². The maximum absolute atomic E-state index is 5.68. The molecule has 2 heterocycles. The molecule has 0 amide bonds. The van der Waals surface area contributed by atoms with Gasteiger partial charge in [-0.25, -0.2) is 0 Å². The average Bonchev–Trinajstić information content (AvgIpc) is 2.64. The lowest BCUT2D eigenvalue weighted by molar-refractivity contribution is 0.949. The highest BCUT2D eigenvalue weighted by atomic mass is 32.1. The molecule has 0 atom stereocenters. The highest BCUT2D eigenvalue weighted by Crippen LogP contribution is 2.31. The van der Waals surface area contributed by atoms with E-state index in [1.807, 2.05) is 6.92 Å². The number of hydrogen-bond donors (Lipinski definition) is 1. The molecule has 1 aromatic heterocycles. The van der Waals surface area contributed by atoms with Crippen molar-refractivity contribution in [2.24, 2.45) is 0 Å². The van der Waals surface area contributed by atoms with Gasteiger partial charge in [0.15, 0.2) is 0 Å². The Bertz CT molecular complexity index is 276. The van der Waals surface area contributed by atoms with Gasteiger partial charge < -0.3 is 10.6 Å². The van der Waals surface area contributed by atoms with Gasteiger partial charge in [0.2, 0.25) is 0 Å². The second-order valence-corrected chi connectivity index (χ2v) is 3.94. The molecule has 0 saturated carbocycles. The van der Waals surface area contributed by atoms with E-state index in [-0.39, 0.29) is 0 Å². The van der Waals surface area contributed by atoms with Gasteiger partial charge in [-0.3, -0.25) is 0 Å². The van der Waals surface area contributed by atoms with Crippen molar-refractivity contribution in [2.75, 3.05) is 23.7 Å². The van der Waals surface area contributed by atoms with Crippen LogP contribution < -0.4 is 10.6 Å². The largest absolute Gasteiger partial charge is 0.383 e. The molecular formula is C8H13N3S. The Labute approximate surface area is 76.4 Å². The Morgan fingerprint density at radius 1 is 1.42 bits per heavy atom. The number of nitrogen functional groups attached to an aromatic ring is 1. The van der Waals surface area contributed by atoms with Gasteiger partial charge in [-0.15, -0.1) is 0 Å². The highest BCUT2D eigenvalue weighted by Gasteiger charge is 2.17. The van der Waals surface area contributed by atoms with Crippen LogP contribution in [0.4, 0.5) is 10.8 Å². The van der Waals surface area contributed by atoms with Crippen LogP contribution in [0, 0.1) is 6.92 Å². The van der Waals surface area contributed by atoms with E-state index in [1.54, 1.807) is 0 Å². The average molecular weight is 183 g/mol. The maximum Gasteiger partial charge on any atom is 0.142 e. The molecule has 1 aromatic rings. The zero-order chi connectivity index (χ0) is 8.55. The first-order chi connectivity index (χ1) is 5.79. The van der Waals surface area contributed by atoms with Gasteiger partial charge >= 0.3 is 0 Å². The summed E-state index contributed by atoms with van der Waals surface area (Å²) < 4.78 is 4.14. The minimum absolute atomic E-state index is 0.696. The predicted molar refractivity (Wildman–Crippen MR) is 52.7 cm³/mol. The fourth-order valence-corrected chi connectivity index (χ4v) is 2.42. The molecule has 0 bridgehead atoms. The first-order valence-corrected chi connectivity index (χ1v) is 5.03. The quantitative estimate of drug-likeness (QED) is 0.719. The van der Waals surface area contributed by atoms with Crippen molar-refractivity contribution in [2.45, 2.75) is 19.8 Å². The first kappa shape index (κ1) is 7.86. The van der Waals surface area contributed by atoms with Crippen molar-refractivity contribution in [1.82, 2.24) is 4.37 Å². The van der Waals surface area contributed by atoms with E-state index in [1.165, 1.54) is 42.5 Å². The molecule has 3 nitrogen and oxygen atoms in total. The van der Waals surface area contributed by atoms with Crippen molar-refractivity contribution in [3.05, 3.63) is 5.56 Å². The summed E-state index contributed by atoms with van der Waals surface area (Å²) in [5, 5.41) is 1.27. The van der Waals surface area contributed by atoms with Crippen LogP contribution in [0.5, 0.6) is 0 Å². The molecule has 0 aliphatic carbocycles. The third kappa shape index (κ3) is 1.16. The molecule has 0 radical (unpaired) electrons. The van der Waals surface area contributed by atoms with E-state index in [9.17, 15) is 0 Å². The second kappa shape index (κ2) is 2.94. The van der Waals surface area contributed by atoms with E-state index in [0.29, 0.717) is 5.82 Å². The van der Waals surface area contributed by atoms with Gasteiger partial charge in [-0.1, -0.05) is 0 Å². The third-order valence-corrected chi connectivity index (χ3v) is 3.35.